The lowest BCUT2D eigenvalue weighted by molar-refractivity contribution is 0.138. The Hall–Kier alpha value is -1.55. The lowest BCUT2D eigenvalue weighted by Gasteiger charge is -2.26. The van der Waals surface area contributed by atoms with Gasteiger partial charge in [0.05, 0.1) is 0 Å². The Kier molecular flexibility index (Phi) is 3.98. The topological polar surface area (TPSA) is 41.6 Å². The van der Waals surface area contributed by atoms with Gasteiger partial charge < -0.3 is 15.0 Å². The van der Waals surface area contributed by atoms with Crippen LogP contribution in [0, 0.1) is 0 Å². The van der Waals surface area contributed by atoms with Gasteiger partial charge in [-0.05, 0) is 32.0 Å². The number of para-hydroxylation sites is 1. The van der Waals surface area contributed by atoms with Gasteiger partial charge in [-0.1, -0.05) is 18.2 Å². The van der Waals surface area contributed by atoms with Crippen molar-refractivity contribution in [1.82, 2.24) is 10.2 Å². The first-order valence-corrected chi connectivity index (χ1v) is 6.05. The predicted octanol–water partition coefficient (Wildman–Crippen LogP) is 1.87. The summed E-state index contributed by atoms with van der Waals surface area (Å²) in [6.45, 7) is 4.49. The molecule has 1 fully saturated rings. The Morgan fingerprint density at radius 1 is 1.47 bits per heavy atom. The van der Waals surface area contributed by atoms with Crippen LogP contribution in [-0.2, 0) is 0 Å². The minimum atomic E-state index is -0.257. The zero-order valence-corrected chi connectivity index (χ0v) is 10.1. The lowest BCUT2D eigenvalue weighted by atomic mass is 10.2. The van der Waals surface area contributed by atoms with E-state index in [1.807, 2.05) is 25.1 Å². The molecule has 0 radical (unpaired) electrons. The van der Waals surface area contributed by atoms with Gasteiger partial charge in [-0.15, -0.1) is 0 Å². The van der Waals surface area contributed by atoms with Crippen molar-refractivity contribution >= 4 is 6.09 Å². The summed E-state index contributed by atoms with van der Waals surface area (Å²) >= 11 is 0. The van der Waals surface area contributed by atoms with Crippen molar-refractivity contribution < 1.29 is 9.53 Å². The first kappa shape index (κ1) is 11.9. The van der Waals surface area contributed by atoms with E-state index in [-0.39, 0.29) is 12.1 Å². The molecule has 1 aromatic rings. The quantitative estimate of drug-likeness (QED) is 0.868. The summed E-state index contributed by atoms with van der Waals surface area (Å²) in [6, 6.07) is 9.45. The molecule has 2 rings (SSSR count). The average Bonchev–Trinajstić information content (AvgIpc) is 2.85. The van der Waals surface area contributed by atoms with Crippen molar-refractivity contribution in [2.75, 3.05) is 19.6 Å². The molecule has 1 aromatic carbocycles. The maximum absolute atomic E-state index is 12.0. The van der Waals surface area contributed by atoms with Crippen LogP contribution in [0.25, 0.3) is 0 Å². The summed E-state index contributed by atoms with van der Waals surface area (Å²) in [5.41, 5.74) is 0. The van der Waals surface area contributed by atoms with Gasteiger partial charge in [-0.25, -0.2) is 4.79 Å². The fourth-order valence-corrected chi connectivity index (χ4v) is 2.09. The van der Waals surface area contributed by atoms with Crippen molar-refractivity contribution in [3.63, 3.8) is 0 Å². The molecule has 1 amide bonds. The summed E-state index contributed by atoms with van der Waals surface area (Å²) in [4.78, 5) is 13.8. The zero-order chi connectivity index (χ0) is 12.1. The second kappa shape index (κ2) is 5.68. The van der Waals surface area contributed by atoms with E-state index in [4.69, 9.17) is 4.74 Å². The van der Waals surface area contributed by atoms with Gasteiger partial charge in [-0.3, -0.25) is 0 Å². The maximum Gasteiger partial charge on any atom is 0.415 e. The molecule has 92 valence electrons. The molecule has 1 saturated heterocycles. The molecule has 1 unspecified atom stereocenters. The summed E-state index contributed by atoms with van der Waals surface area (Å²) in [7, 11) is 0. The number of benzene rings is 1. The number of carbonyl (C=O) groups excluding carboxylic acids is 1. The van der Waals surface area contributed by atoms with Gasteiger partial charge in [0, 0.05) is 19.1 Å². The third kappa shape index (κ3) is 2.97. The number of hydrogen-bond acceptors (Lipinski definition) is 3. The van der Waals surface area contributed by atoms with Gasteiger partial charge in [-0.2, -0.15) is 0 Å². The van der Waals surface area contributed by atoms with Crippen molar-refractivity contribution in [3.8, 4) is 5.75 Å². The van der Waals surface area contributed by atoms with Crippen LogP contribution in [-0.4, -0.2) is 36.7 Å². The van der Waals surface area contributed by atoms with E-state index in [1.165, 1.54) is 0 Å². The van der Waals surface area contributed by atoms with E-state index in [9.17, 15) is 4.79 Å². The summed E-state index contributed by atoms with van der Waals surface area (Å²) < 4.78 is 5.34. The van der Waals surface area contributed by atoms with Crippen molar-refractivity contribution in [2.24, 2.45) is 0 Å². The SMILES string of the molecule is CCN(C(=O)Oc1ccccc1)C1CCNC1. The summed E-state index contributed by atoms with van der Waals surface area (Å²) in [5, 5.41) is 3.26. The monoisotopic (exact) mass is 234 g/mol. The number of nitrogens with one attached hydrogen (secondary N) is 1. The highest BCUT2D eigenvalue weighted by Gasteiger charge is 2.26. The number of carbonyl (C=O) groups is 1. The largest absolute Gasteiger partial charge is 0.415 e. The van der Waals surface area contributed by atoms with Crippen LogP contribution >= 0.6 is 0 Å². The summed E-state index contributed by atoms with van der Waals surface area (Å²) in [5.74, 6) is 0.599. The molecule has 0 saturated carbocycles. The van der Waals surface area contributed by atoms with E-state index in [0.29, 0.717) is 12.3 Å². The number of hydrogen-bond donors (Lipinski definition) is 1. The van der Waals surface area contributed by atoms with Gasteiger partial charge in [0.15, 0.2) is 0 Å². The van der Waals surface area contributed by atoms with Crippen LogP contribution in [0.4, 0.5) is 4.79 Å². The fraction of sp³-hybridized carbons (Fsp3) is 0.462. The van der Waals surface area contributed by atoms with Crippen molar-refractivity contribution in [1.29, 1.82) is 0 Å². The smallest absolute Gasteiger partial charge is 0.410 e. The highest BCUT2D eigenvalue weighted by atomic mass is 16.6. The van der Waals surface area contributed by atoms with E-state index < -0.39 is 0 Å². The number of amides is 1. The van der Waals surface area contributed by atoms with E-state index in [1.54, 1.807) is 17.0 Å². The first-order valence-electron chi connectivity index (χ1n) is 6.05. The molecule has 0 spiro atoms. The molecule has 0 aliphatic carbocycles. The van der Waals surface area contributed by atoms with Crippen LogP contribution in [0.2, 0.25) is 0 Å². The van der Waals surface area contributed by atoms with Gasteiger partial charge in [0.1, 0.15) is 5.75 Å². The number of rotatable bonds is 3. The van der Waals surface area contributed by atoms with Crippen LogP contribution in [0.5, 0.6) is 5.75 Å². The first-order chi connectivity index (χ1) is 8.31. The van der Waals surface area contributed by atoms with E-state index >= 15 is 0 Å². The molecule has 4 heteroatoms. The second-order valence-corrected chi connectivity index (χ2v) is 4.11. The number of ether oxygens (including phenoxy) is 1. The molecule has 1 aliphatic rings. The van der Waals surface area contributed by atoms with E-state index in [0.717, 1.165) is 19.5 Å². The molecular formula is C13H18N2O2. The normalized spacial score (nSPS) is 19.0. The standard InChI is InChI=1S/C13H18N2O2/c1-2-15(11-8-9-14-10-11)13(16)17-12-6-4-3-5-7-12/h3-7,11,14H,2,8-10H2,1H3. The molecule has 1 atom stereocenters. The van der Waals surface area contributed by atoms with Crippen LogP contribution < -0.4 is 10.1 Å². The minimum absolute atomic E-state index is 0.257. The lowest BCUT2D eigenvalue weighted by Crippen LogP contribution is -2.42. The molecule has 1 aliphatic heterocycles. The molecule has 0 aromatic heterocycles. The maximum atomic E-state index is 12.0. The number of nitrogens with zero attached hydrogens (tertiary/aromatic N) is 1. The molecule has 4 nitrogen and oxygen atoms in total. The van der Waals surface area contributed by atoms with Gasteiger partial charge in [0.25, 0.3) is 0 Å². The Labute approximate surface area is 102 Å². The van der Waals surface area contributed by atoms with Crippen LogP contribution in [0.1, 0.15) is 13.3 Å². The highest BCUT2D eigenvalue weighted by molar-refractivity contribution is 5.71. The molecule has 17 heavy (non-hydrogen) atoms. The van der Waals surface area contributed by atoms with Crippen molar-refractivity contribution in [3.05, 3.63) is 30.3 Å². The summed E-state index contributed by atoms with van der Waals surface area (Å²) in [6.07, 6.45) is 0.741. The van der Waals surface area contributed by atoms with Crippen LogP contribution in [0.15, 0.2) is 30.3 Å². The van der Waals surface area contributed by atoms with Crippen LogP contribution in [0.3, 0.4) is 0 Å². The Morgan fingerprint density at radius 2 is 2.24 bits per heavy atom. The van der Waals surface area contributed by atoms with E-state index in [2.05, 4.69) is 5.32 Å². The van der Waals surface area contributed by atoms with Gasteiger partial charge in [0.2, 0.25) is 0 Å². The molecule has 1 heterocycles. The third-order valence-electron chi connectivity index (χ3n) is 3.00. The molecule has 1 N–H and O–H groups in total. The Balaban J connectivity index is 1.97. The molecular weight excluding hydrogens is 216 g/mol. The number of likely N-dealkylation sites (N-methyl/N-ethyl adjacent to an activating group) is 1. The van der Waals surface area contributed by atoms with Crippen molar-refractivity contribution in [2.45, 2.75) is 19.4 Å². The third-order valence-corrected chi connectivity index (χ3v) is 3.00. The fourth-order valence-electron chi connectivity index (χ4n) is 2.09. The Bertz CT molecular complexity index is 361. The van der Waals surface area contributed by atoms with Gasteiger partial charge >= 0.3 is 6.09 Å². The Morgan fingerprint density at radius 3 is 2.82 bits per heavy atom. The predicted molar refractivity (Wildman–Crippen MR) is 66.1 cm³/mol. The minimum Gasteiger partial charge on any atom is -0.410 e. The zero-order valence-electron chi connectivity index (χ0n) is 10.1. The molecule has 0 bridgehead atoms. The average molecular weight is 234 g/mol. The second-order valence-electron chi connectivity index (χ2n) is 4.11. The highest BCUT2D eigenvalue weighted by Crippen LogP contribution is 2.14.